The molecular formula is C16H16FNO4. The molecule has 1 aromatic carbocycles. The zero-order valence-electron chi connectivity index (χ0n) is 12.3. The molecule has 0 saturated heterocycles. The van der Waals surface area contributed by atoms with Crippen molar-refractivity contribution in [2.45, 2.75) is 20.3 Å². The van der Waals surface area contributed by atoms with Gasteiger partial charge in [0.05, 0.1) is 6.61 Å². The van der Waals surface area contributed by atoms with Gasteiger partial charge in [0.25, 0.3) is 5.56 Å². The summed E-state index contributed by atoms with van der Waals surface area (Å²) in [4.78, 5) is 24.4. The van der Waals surface area contributed by atoms with Gasteiger partial charge in [0.2, 0.25) is 0 Å². The first-order valence-corrected chi connectivity index (χ1v) is 6.90. The van der Waals surface area contributed by atoms with Crippen molar-refractivity contribution in [2.24, 2.45) is 0 Å². The van der Waals surface area contributed by atoms with Crippen molar-refractivity contribution in [3.63, 3.8) is 0 Å². The highest BCUT2D eigenvalue weighted by atomic mass is 19.1. The van der Waals surface area contributed by atoms with Crippen LogP contribution in [0.1, 0.15) is 29.9 Å². The molecule has 1 N–H and O–H groups in total. The molecule has 0 saturated carbocycles. The van der Waals surface area contributed by atoms with E-state index in [1.807, 2.05) is 0 Å². The fourth-order valence-corrected chi connectivity index (χ4v) is 2.17. The van der Waals surface area contributed by atoms with Gasteiger partial charge < -0.3 is 9.84 Å². The minimum absolute atomic E-state index is 0.0871. The quantitative estimate of drug-likeness (QED) is 0.881. The lowest BCUT2D eigenvalue weighted by molar-refractivity contribution is 0.0520. The Morgan fingerprint density at radius 2 is 1.91 bits per heavy atom. The second kappa shape index (κ2) is 6.43. The van der Waals surface area contributed by atoms with Gasteiger partial charge in [0.1, 0.15) is 11.6 Å². The first-order chi connectivity index (χ1) is 10.5. The molecule has 0 radical (unpaired) electrons. The van der Waals surface area contributed by atoms with Crippen molar-refractivity contribution in [1.82, 2.24) is 4.57 Å². The Balaban J connectivity index is 2.71. The molecule has 0 amide bonds. The first-order valence-electron chi connectivity index (χ1n) is 6.90. The summed E-state index contributed by atoms with van der Waals surface area (Å²) in [6.07, 6.45) is 0.448. The Morgan fingerprint density at radius 3 is 2.45 bits per heavy atom. The fraction of sp³-hybridized carbons (Fsp3) is 0.250. The predicted octanol–water partition coefficient (Wildman–Crippen LogP) is 2.42. The Hall–Kier alpha value is -2.63. The van der Waals surface area contributed by atoms with Crippen LogP contribution in [-0.2, 0) is 11.2 Å². The Kier molecular flexibility index (Phi) is 4.60. The summed E-state index contributed by atoms with van der Waals surface area (Å²) in [6.45, 7) is 3.50. The number of nitrogens with zero attached hydrogens (tertiary/aromatic N) is 1. The van der Waals surface area contributed by atoms with Gasteiger partial charge in [-0.05, 0) is 37.6 Å². The predicted molar refractivity (Wildman–Crippen MR) is 79.0 cm³/mol. The summed E-state index contributed by atoms with van der Waals surface area (Å²) >= 11 is 0. The molecule has 6 heteroatoms. The number of hydrogen-bond acceptors (Lipinski definition) is 4. The molecule has 0 aliphatic carbocycles. The lowest BCUT2D eigenvalue weighted by atomic mass is 10.1. The minimum Gasteiger partial charge on any atom is -0.507 e. The SMILES string of the molecule is CCOC(=O)c1c(O)cc(CC)n(-c2ccc(F)cc2)c1=O. The first kappa shape index (κ1) is 15.8. The molecular weight excluding hydrogens is 289 g/mol. The van der Waals surface area contributed by atoms with E-state index >= 15 is 0 Å². The third kappa shape index (κ3) is 2.86. The van der Waals surface area contributed by atoms with Crippen molar-refractivity contribution in [3.05, 3.63) is 57.8 Å². The van der Waals surface area contributed by atoms with Crippen LogP contribution in [0, 0.1) is 5.82 Å². The normalized spacial score (nSPS) is 10.5. The van der Waals surface area contributed by atoms with Crippen LogP contribution >= 0.6 is 0 Å². The van der Waals surface area contributed by atoms with Gasteiger partial charge in [-0.2, -0.15) is 0 Å². The number of halogens is 1. The Bertz CT molecular complexity index is 750. The summed E-state index contributed by atoms with van der Waals surface area (Å²) in [5, 5.41) is 9.94. The molecule has 0 unspecified atom stereocenters. The summed E-state index contributed by atoms with van der Waals surface area (Å²) in [5.41, 5.74) is -0.207. The van der Waals surface area contributed by atoms with Gasteiger partial charge in [0, 0.05) is 17.4 Å². The molecule has 0 bridgehead atoms. The van der Waals surface area contributed by atoms with Gasteiger partial charge >= 0.3 is 5.97 Å². The molecule has 0 spiro atoms. The van der Waals surface area contributed by atoms with E-state index in [0.29, 0.717) is 17.8 Å². The third-order valence-electron chi connectivity index (χ3n) is 3.19. The number of aryl methyl sites for hydroxylation is 1. The lowest BCUT2D eigenvalue weighted by Gasteiger charge is -2.14. The molecule has 22 heavy (non-hydrogen) atoms. The van der Waals surface area contributed by atoms with Crippen molar-refractivity contribution in [3.8, 4) is 11.4 Å². The molecule has 1 aromatic heterocycles. The minimum atomic E-state index is -0.886. The zero-order chi connectivity index (χ0) is 16.3. The van der Waals surface area contributed by atoms with E-state index in [0.717, 1.165) is 0 Å². The van der Waals surface area contributed by atoms with Crippen LogP contribution in [0.4, 0.5) is 4.39 Å². The van der Waals surface area contributed by atoms with Crippen LogP contribution in [0.25, 0.3) is 5.69 Å². The van der Waals surface area contributed by atoms with Crippen LogP contribution in [0.15, 0.2) is 35.1 Å². The van der Waals surface area contributed by atoms with E-state index in [1.165, 1.54) is 34.9 Å². The maximum absolute atomic E-state index is 13.1. The molecule has 1 heterocycles. The number of rotatable bonds is 4. The number of carbonyl (C=O) groups is 1. The Morgan fingerprint density at radius 1 is 1.27 bits per heavy atom. The molecule has 0 fully saturated rings. The second-order valence-corrected chi connectivity index (χ2v) is 4.59. The van der Waals surface area contributed by atoms with E-state index in [-0.39, 0.29) is 6.61 Å². The van der Waals surface area contributed by atoms with Crippen LogP contribution in [0.3, 0.4) is 0 Å². The maximum atomic E-state index is 13.1. The Labute approximate surface area is 126 Å². The van der Waals surface area contributed by atoms with E-state index in [2.05, 4.69) is 0 Å². The van der Waals surface area contributed by atoms with Crippen molar-refractivity contribution in [1.29, 1.82) is 0 Å². The van der Waals surface area contributed by atoms with Gasteiger partial charge in [-0.25, -0.2) is 9.18 Å². The monoisotopic (exact) mass is 305 g/mol. The number of aromatic hydroxyl groups is 1. The number of esters is 1. The molecule has 2 rings (SSSR count). The van der Waals surface area contributed by atoms with Crippen molar-refractivity contribution < 1.29 is 19.0 Å². The molecule has 5 nitrogen and oxygen atoms in total. The second-order valence-electron chi connectivity index (χ2n) is 4.59. The largest absolute Gasteiger partial charge is 0.507 e. The molecule has 0 atom stereocenters. The highest BCUT2D eigenvalue weighted by Gasteiger charge is 2.22. The van der Waals surface area contributed by atoms with Crippen LogP contribution in [-0.4, -0.2) is 22.2 Å². The average Bonchev–Trinajstić information content (AvgIpc) is 2.48. The number of hydrogen-bond donors (Lipinski definition) is 1. The van der Waals surface area contributed by atoms with Crippen molar-refractivity contribution in [2.75, 3.05) is 6.61 Å². The number of benzene rings is 1. The molecule has 2 aromatic rings. The van der Waals surface area contributed by atoms with Crippen LogP contribution < -0.4 is 5.56 Å². The highest BCUT2D eigenvalue weighted by Crippen LogP contribution is 2.20. The standard InChI is InChI=1S/C16H16FNO4/c1-3-11-9-13(19)14(16(21)22-4-2)15(20)18(11)12-7-5-10(17)6-8-12/h5-9,19H,3-4H2,1-2H3. The van der Waals surface area contributed by atoms with E-state index < -0.39 is 28.7 Å². The van der Waals surface area contributed by atoms with Crippen molar-refractivity contribution >= 4 is 5.97 Å². The topological polar surface area (TPSA) is 68.5 Å². The van der Waals surface area contributed by atoms with E-state index in [1.54, 1.807) is 13.8 Å². The third-order valence-corrected chi connectivity index (χ3v) is 3.19. The van der Waals surface area contributed by atoms with Gasteiger partial charge in [-0.3, -0.25) is 9.36 Å². The van der Waals surface area contributed by atoms with Crippen LogP contribution in [0.5, 0.6) is 5.75 Å². The number of ether oxygens (including phenoxy) is 1. The van der Waals surface area contributed by atoms with Crippen LogP contribution in [0.2, 0.25) is 0 Å². The zero-order valence-corrected chi connectivity index (χ0v) is 12.3. The van der Waals surface area contributed by atoms with Gasteiger partial charge in [0.15, 0.2) is 5.56 Å². The molecule has 0 aliphatic rings. The van der Waals surface area contributed by atoms with Gasteiger partial charge in [-0.1, -0.05) is 6.92 Å². The summed E-state index contributed by atoms with van der Waals surface area (Å²) in [6, 6.07) is 6.65. The molecule has 0 aliphatic heterocycles. The summed E-state index contributed by atoms with van der Waals surface area (Å²) in [5.74, 6) is -1.73. The molecule has 116 valence electrons. The summed E-state index contributed by atoms with van der Waals surface area (Å²) in [7, 11) is 0. The number of carbonyl (C=O) groups excluding carboxylic acids is 1. The smallest absolute Gasteiger partial charge is 0.347 e. The summed E-state index contributed by atoms with van der Waals surface area (Å²) < 4.78 is 19.1. The fourth-order valence-electron chi connectivity index (χ4n) is 2.17. The lowest BCUT2D eigenvalue weighted by Crippen LogP contribution is -2.28. The average molecular weight is 305 g/mol. The van der Waals surface area contributed by atoms with E-state index in [4.69, 9.17) is 4.74 Å². The van der Waals surface area contributed by atoms with E-state index in [9.17, 15) is 19.1 Å². The highest BCUT2D eigenvalue weighted by molar-refractivity contribution is 5.92. The maximum Gasteiger partial charge on any atom is 0.347 e. The van der Waals surface area contributed by atoms with Gasteiger partial charge in [-0.15, -0.1) is 0 Å². The number of pyridine rings is 1. The number of aromatic nitrogens is 1.